The maximum Gasteiger partial charge on any atom is 0.329 e. The van der Waals surface area contributed by atoms with Crippen molar-refractivity contribution in [2.24, 2.45) is 0 Å². The minimum absolute atomic E-state index is 0.0510. The van der Waals surface area contributed by atoms with Crippen molar-refractivity contribution in [3.8, 4) is 0 Å². The van der Waals surface area contributed by atoms with Crippen LogP contribution in [0.2, 0.25) is 0 Å². The van der Waals surface area contributed by atoms with Gasteiger partial charge in [0.2, 0.25) is 0 Å². The zero-order valence-corrected chi connectivity index (χ0v) is 10.2. The smallest absolute Gasteiger partial charge is 0.329 e. The Morgan fingerprint density at radius 1 is 1.32 bits per heavy atom. The number of carbonyl (C=O) groups excluding carboxylic acids is 3. The van der Waals surface area contributed by atoms with Crippen LogP contribution in [0.4, 0.5) is 4.79 Å². The number of urea groups is 1. The lowest BCUT2D eigenvalue weighted by atomic mass is 10.1. The highest BCUT2D eigenvalue weighted by Gasteiger charge is 2.33. The Labute approximate surface area is 109 Å². The molecule has 6 heteroatoms. The minimum atomic E-state index is -1.49. The summed E-state index contributed by atoms with van der Waals surface area (Å²) < 4.78 is 0. The van der Waals surface area contributed by atoms with Crippen LogP contribution in [0.5, 0.6) is 0 Å². The Hall–Kier alpha value is -2.63. The summed E-state index contributed by atoms with van der Waals surface area (Å²) in [5.74, 6) is -2.16. The van der Waals surface area contributed by atoms with Gasteiger partial charge in [-0.2, -0.15) is 0 Å². The second kappa shape index (κ2) is 4.93. The molecule has 2 rings (SSSR count). The van der Waals surface area contributed by atoms with Crippen molar-refractivity contribution < 1.29 is 19.5 Å². The van der Waals surface area contributed by atoms with Crippen molar-refractivity contribution in [2.45, 2.75) is 6.92 Å². The van der Waals surface area contributed by atoms with Gasteiger partial charge in [0.05, 0.1) is 12.5 Å². The second-order valence-electron chi connectivity index (χ2n) is 4.16. The molecular formula is C13H11N2O4-. The molecule has 0 atom stereocenters. The van der Waals surface area contributed by atoms with Gasteiger partial charge >= 0.3 is 6.03 Å². The number of rotatable bonds is 3. The summed E-state index contributed by atoms with van der Waals surface area (Å²) in [7, 11) is 0. The first kappa shape index (κ1) is 12.8. The molecule has 0 radical (unpaired) electrons. The number of aliphatic carboxylic acids is 1. The first-order valence-electron chi connectivity index (χ1n) is 5.58. The lowest BCUT2D eigenvalue weighted by Gasteiger charge is -2.11. The fourth-order valence-corrected chi connectivity index (χ4v) is 1.67. The average molecular weight is 259 g/mol. The SMILES string of the molecule is Cc1ccc(/C=C2/NC(=O)N(CC(=O)[O-])C2=O)cc1. The highest BCUT2D eigenvalue weighted by atomic mass is 16.4. The number of imide groups is 1. The van der Waals surface area contributed by atoms with Gasteiger partial charge in [-0.05, 0) is 18.6 Å². The van der Waals surface area contributed by atoms with E-state index in [1.54, 1.807) is 12.1 Å². The van der Waals surface area contributed by atoms with Crippen LogP contribution in [-0.2, 0) is 9.59 Å². The second-order valence-corrected chi connectivity index (χ2v) is 4.16. The fourth-order valence-electron chi connectivity index (χ4n) is 1.67. The Kier molecular flexibility index (Phi) is 3.33. The lowest BCUT2D eigenvalue weighted by molar-refractivity contribution is -0.305. The standard InChI is InChI=1S/C13H12N2O4/c1-8-2-4-9(5-3-8)6-10-12(18)15(7-11(16)17)13(19)14-10/h2-6H,7H2,1H3,(H,14,19)(H,16,17)/p-1/b10-6+. The Morgan fingerprint density at radius 2 is 1.95 bits per heavy atom. The molecule has 6 nitrogen and oxygen atoms in total. The third-order valence-electron chi connectivity index (χ3n) is 2.64. The molecule has 1 fully saturated rings. The molecule has 3 amide bonds. The van der Waals surface area contributed by atoms with Gasteiger partial charge in [0.1, 0.15) is 5.70 Å². The molecule has 98 valence electrons. The predicted octanol–water partition coefficient (Wildman–Crippen LogP) is -0.362. The molecule has 0 unspecified atom stereocenters. The van der Waals surface area contributed by atoms with Gasteiger partial charge in [0.25, 0.3) is 5.91 Å². The molecule has 19 heavy (non-hydrogen) atoms. The Morgan fingerprint density at radius 3 is 2.53 bits per heavy atom. The van der Waals surface area contributed by atoms with Crippen molar-refractivity contribution in [2.75, 3.05) is 6.54 Å². The highest BCUT2D eigenvalue weighted by molar-refractivity contribution is 6.15. The summed E-state index contributed by atoms with van der Waals surface area (Å²) >= 11 is 0. The number of carboxylic acids is 1. The first-order chi connectivity index (χ1) is 8.97. The van der Waals surface area contributed by atoms with Crippen LogP contribution in [0.15, 0.2) is 30.0 Å². The normalized spacial score (nSPS) is 16.9. The van der Waals surface area contributed by atoms with E-state index in [4.69, 9.17) is 0 Å². The van der Waals surface area contributed by atoms with Crippen LogP contribution in [0.25, 0.3) is 6.08 Å². The van der Waals surface area contributed by atoms with E-state index in [1.807, 2.05) is 19.1 Å². The van der Waals surface area contributed by atoms with E-state index in [9.17, 15) is 19.5 Å². The van der Waals surface area contributed by atoms with Gasteiger partial charge in [-0.3, -0.25) is 9.69 Å². The summed E-state index contributed by atoms with van der Waals surface area (Å²) in [6.45, 7) is 1.18. The largest absolute Gasteiger partial charge is 0.548 e. The number of nitrogens with zero attached hydrogens (tertiary/aromatic N) is 1. The van der Waals surface area contributed by atoms with Crippen LogP contribution in [0, 0.1) is 6.92 Å². The number of aryl methyl sites for hydroxylation is 1. The zero-order chi connectivity index (χ0) is 14.0. The van der Waals surface area contributed by atoms with E-state index >= 15 is 0 Å². The summed E-state index contributed by atoms with van der Waals surface area (Å²) in [5.41, 5.74) is 1.86. The van der Waals surface area contributed by atoms with E-state index < -0.39 is 24.5 Å². The summed E-state index contributed by atoms with van der Waals surface area (Å²) in [5, 5.41) is 12.8. The number of benzene rings is 1. The molecular weight excluding hydrogens is 248 g/mol. The van der Waals surface area contributed by atoms with Gasteiger partial charge < -0.3 is 15.2 Å². The van der Waals surface area contributed by atoms with Crippen molar-refractivity contribution >= 4 is 24.0 Å². The van der Waals surface area contributed by atoms with Crippen LogP contribution in [-0.4, -0.2) is 29.4 Å². The third-order valence-corrected chi connectivity index (χ3v) is 2.64. The van der Waals surface area contributed by atoms with Gasteiger partial charge in [0, 0.05) is 0 Å². The highest BCUT2D eigenvalue weighted by Crippen LogP contribution is 2.14. The zero-order valence-electron chi connectivity index (χ0n) is 10.2. The minimum Gasteiger partial charge on any atom is -0.548 e. The van der Waals surface area contributed by atoms with Crippen molar-refractivity contribution in [1.29, 1.82) is 0 Å². The fraction of sp³-hybridized carbons (Fsp3) is 0.154. The number of carboxylic acid groups (broad SMARTS) is 1. The molecule has 1 aromatic carbocycles. The van der Waals surface area contributed by atoms with Gasteiger partial charge in [0.15, 0.2) is 0 Å². The van der Waals surface area contributed by atoms with Crippen LogP contribution >= 0.6 is 0 Å². The number of hydrogen-bond acceptors (Lipinski definition) is 4. The summed E-state index contributed by atoms with van der Waals surface area (Å²) in [6.07, 6.45) is 1.49. The first-order valence-corrected chi connectivity index (χ1v) is 5.58. The van der Waals surface area contributed by atoms with Crippen LogP contribution in [0.1, 0.15) is 11.1 Å². The van der Waals surface area contributed by atoms with E-state index in [-0.39, 0.29) is 5.70 Å². The van der Waals surface area contributed by atoms with Gasteiger partial charge in [-0.1, -0.05) is 29.8 Å². The van der Waals surface area contributed by atoms with Gasteiger partial charge in [-0.15, -0.1) is 0 Å². The van der Waals surface area contributed by atoms with Crippen LogP contribution < -0.4 is 10.4 Å². The number of hydrogen-bond donors (Lipinski definition) is 1. The molecule has 1 aliphatic heterocycles. The molecule has 1 aromatic rings. The molecule has 1 aliphatic rings. The third kappa shape index (κ3) is 2.79. The van der Waals surface area contributed by atoms with E-state index in [2.05, 4.69) is 5.32 Å². The quantitative estimate of drug-likeness (QED) is 0.593. The monoisotopic (exact) mass is 259 g/mol. The van der Waals surface area contributed by atoms with Gasteiger partial charge in [-0.25, -0.2) is 4.79 Å². The maximum atomic E-state index is 11.8. The molecule has 0 aromatic heterocycles. The van der Waals surface area contributed by atoms with E-state index in [1.165, 1.54) is 6.08 Å². The lowest BCUT2D eigenvalue weighted by Crippen LogP contribution is -2.41. The van der Waals surface area contributed by atoms with E-state index in [0.29, 0.717) is 4.90 Å². The molecule has 0 spiro atoms. The Balaban J connectivity index is 2.23. The predicted molar refractivity (Wildman–Crippen MR) is 64.4 cm³/mol. The summed E-state index contributed by atoms with van der Waals surface area (Å²) in [4.78, 5) is 34.3. The molecule has 0 aliphatic carbocycles. The Bertz CT molecular complexity index is 575. The van der Waals surface area contributed by atoms with Crippen molar-refractivity contribution in [3.63, 3.8) is 0 Å². The topological polar surface area (TPSA) is 89.5 Å². The molecule has 1 heterocycles. The maximum absolute atomic E-state index is 11.8. The molecule has 0 bridgehead atoms. The van der Waals surface area contributed by atoms with E-state index in [0.717, 1.165) is 11.1 Å². The van der Waals surface area contributed by atoms with Crippen LogP contribution in [0.3, 0.4) is 0 Å². The molecule has 1 N–H and O–H groups in total. The molecule has 0 saturated carbocycles. The van der Waals surface area contributed by atoms with Crippen molar-refractivity contribution in [3.05, 3.63) is 41.1 Å². The number of nitrogens with one attached hydrogen (secondary N) is 1. The average Bonchev–Trinajstić information content (AvgIpc) is 2.60. The molecule has 1 saturated heterocycles. The summed E-state index contributed by atoms with van der Waals surface area (Å²) in [6, 6.07) is 6.57. The number of carbonyl (C=O) groups is 3. The van der Waals surface area contributed by atoms with Crippen molar-refractivity contribution in [1.82, 2.24) is 10.2 Å². The number of amides is 3.